The van der Waals surface area contributed by atoms with Gasteiger partial charge in [0.1, 0.15) is 12.4 Å². The zero-order valence-corrected chi connectivity index (χ0v) is 11.2. The fourth-order valence-electron chi connectivity index (χ4n) is 2.97. The van der Waals surface area contributed by atoms with Gasteiger partial charge in [0.05, 0.1) is 0 Å². The Morgan fingerprint density at radius 3 is 2.63 bits per heavy atom. The molecule has 1 aliphatic carbocycles. The highest BCUT2D eigenvalue weighted by Gasteiger charge is 2.42. The highest BCUT2D eigenvalue weighted by Crippen LogP contribution is 2.36. The van der Waals surface area contributed by atoms with Crippen molar-refractivity contribution < 1.29 is 14.6 Å². The molecule has 0 saturated heterocycles. The van der Waals surface area contributed by atoms with Crippen molar-refractivity contribution in [2.45, 2.75) is 37.5 Å². The fourth-order valence-corrected chi connectivity index (χ4v) is 2.97. The molecule has 104 valence electrons. The van der Waals surface area contributed by atoms with Gasteiger partial charge >= 0.3 is 0 Å². The minimum atomic E-state index is -1.33. The number of aldehydes is 1. The molecule has 0 radical (unpaired) electrons. The summed E-state index contributed by atoms with van der Waals surface area (Å²) >= 11 is 0. The predicted octanol–water partition coefficient (Wildman–Crippen LogP) is 1.81. The number of hydrogen-bond acceptors (Lipinski definition) is 4. The average Bonchev–Trinajstić information content (AvgIpc) is 2.99. The molecule has 2 rings (SSSR count). The van der Waals surface area contributed by atoms with Crippen LogP contribution in [-0.2, 0) is 10.5 Å². The number of aliphatic hydroxyl groups is 1. The normalized spacial score (nSPS) is 21.0. The van der Waals surface area contributed by atoms with Gasteiger partial charge in [-0.3, -0.25) is 10.5 Å². The second-order valence-corrected chi connectivity index (χ2v) is 5.19. The van der Waals surface area contributed by atoms with Crippen molar-refractivity contribution in [3.63, 3.8) is 0 Å². The van der Waals surface area contributed by atoms with Gasteiger partial charge in [0.25, 0.3) is 0 Å². The predicted molar refractivity (Wildman–Crippen MR) is 72.7 cm³/mol. The Morgan fingerprint density at radius 1 is 1.42 bits per heavy atom. The fraction of sp³-hybridized carbons (Fsp3) is 0.533. The highest BCUT2D eigenvalue weighted by molar-refractivity contribution is 5.77. The van der Waals surface area contributed by atoms with E-state index in [2.05, 4.69) is 0 Å². The maximum absolute atomic E-state index is 11.1. The Labute approximate surface area is 113 Å². The zero-order valence-electron chi connectivity index (χ0n) is 11.2. The lowest BCUT2D eigenvalue weighted by atomic mass is 9.85. The van der Waals surface area contributed by atoms with Crippen LogP contribution in [0, 0.1) is 5.92 Å². The smallest absolute Gasteiger partial charge is 0.169 e. The third-order valence-corrected chi connectivity index (χ3v) is 4.13. The van der Waals surface area contributed by atoms with Crippen molar-refractivity contribution in [3.05, 3.63) is 35.4 Å². The first-order chi connectivity index (χ1) is 9.13. The van der Waals surface area contributed by atoms with Gasteiger partial charge in [-0.15, -0.1) is 0 Å². The molecule has 4 nitrogen and oxygen atoms in total. The van der Waals surface area contributed by atoms with Crippen LogP contribution in [0.2, 0.25) is 0 Å². The molecule has 0 unspecified atom stereocenters. The largest absolute Gasteiger partial charge is 0.388 e. The van der Waals surface area contributed by atoms with Crippen LogP contribution in [0.1, 0.15) is 41.6 Å². The summed E-state index contributed by atoms with van der Waals surface area (Å²) in [4.78, 5) is 11.1. The van der Waals surface area contributed by atoms with Crippen molar-refractivity contribution in [1.82, 2.24) is 0 Å². The van der Waals surface area contributed by atoms with Crippen LogP contribution in [0.25, 0.3) is 0 Å². The van der Waals surface area contributed by atoms with E-state index in [9.17, 15) is 9.90 Å². The van der Waals surface area contributed by atoms with Gasteiger partial charge in [-0.1, -0.05) is 37.1 Å². The molecule has 0 bridgehead atoms. The van der Waals surface area contributed by atoms with E-state index >= 15 is 0 Å². The lowest BCUT2D eigenvalue weighted by Crippen LogP contribution is -2.52. The maximum atomic E-state index is 11.1. The van der Waals surface area contributed by atoms with Crippen LogP contribution in [0.3, 0.4) is 0 Å². The van der Waals surface area contributed by atoms with Crippen LogP contribution < -0.4 is 5.73 Å². The number of aliphatic hydroxyl groups excluding tert-OH is 1. The molecule has 3 N–H and O–H groups in total. The molecule has 0 aromatic heterocycles. The monoisotopic (exact) mass is 263 g/mol. The molecule has 1 saturated carbocycles. The van der Waals surface area contributed by atoms with E-state index in [4.69, 9.17) is 10.5 Å². The summed E-state index contributed by atoms with van der Waals surface area (Å²) in [6.45, 7) is 0. The van der Waals surface area contributed by atoms with Gasteiger partial charge < -0.3 is 9.84 Å². The van der Waals surface area contributed by atoms with Crippen LogP contribution in [-0.4, -0.2) is 24.6 Å². The molecule has 4 heteroatoms. The van der Waals surface area contributed by atoms with Crippen molar-refractivity contribution >= 4 is 6.29 Å². The average molecular weight is 263 g/mol. The summed E-state index contributed by atoms with van der Waals surface area (Å²) in [5.74, 6) is 0.129. The van der Waals surface area contributed by atoms with Crippen molar-refractivity contribution in [3.8, 4) is 0 Å². The van der Waals surface area contributed by atoms with Gasteiger partial charge in [0.15, 0.2) is 5.72 Å². The Hall–Kier alpha value is -1.23. The molecule has 0 spiro atoms. The van der Waals surface area contributed by atoms with Crippen molar-refractivity contribution in [2.75, 3.05) is 7.11 Å². The Balaban J connectivity index is 2.37. The van der Waals surface area contributed by atoms with Gasteiger partial charge in [0.2, 0.25) is 0 Å². The Kier molecular flexibility index (Phi) is 4.34. The molecule has 1 aromatic carbocycles. The first-order valence-corrected chi connectivity index (χ1v) is 6.70. The first kappa shape index (κ1) is 14.2. The quantitative estimate of drug-likeness (QED) is 0.627. The standard InChI is InChI=1S/C15H21NO3/c1-19-15(16,14(18)11-6-2-3-7-11)13-9-5-4-8-12(13)10-17/h4-5,8-11,14,18H,2-3,6-7,16H2,1H3/t14-,15-/m1/s1. The van der Waals surface area contributed by atoms with E-state index in [-0.39, 0.29) is 5.92 Å². The molecule has 0 aliphatic heterocycles. The summed E-state index contributed by atoms with van der Waals surface area (Å²) < 4.78 is 5.41. The number of ether oxygens (including phenoxy) is 1. The number of nitrogens with two attached hydrogens (primary N) is 1. The summed E-state index contributed by atoms with van der Waals surface area (Å²) in [5.41, 5.74) is 5.97. The minimum absolute atomic E-state index is 0.129. The molecular formula is C15H21NO3. The molecule has 0 amide bonds. The van der Waals surface area contributed by atoms with Crippen LogP contribution in [0.5, 0.6) is 0 Å². The molecule has 1 fully saturated rings. The summed E-state index contributed by atoms with van der Waals surface area (Å²) in [5, 5.41) is 10.6. The van der Waals surface area contributed by atoms with Gasteiger partial charge in [0, 0.05) is 18.2 Å². The molecular weight excluding hydrogens is 242 g/mol. The van der Waals surface area contributed by atoms with Crippen molar-refractivity contribution in [1.29, 1.82) is 0 Å². The SMILES string of the molecule is CO[C@](N)(c1ccccc1C=O)[C@H](O)C1CCCC1. The summed E-state index contributed by atoms with van der Waals surface area (Å²) in [6.07, 6.45) is 4.06. The topological polar surface area (TPSA) is 72.5 Å². The number of rotatable bonds is 5. The summed E-state index contributed by atoms with van der Waals surface area (Å²) in [7, 11) is 1.47. The second kappa shape index (κ2) is 5.82. The third-order valence-electron chi connectivity index (χ3n) is 4.13. The van der Waals surface area contributed by atoms with E-state index in [1.54, 1.807) is 24.3 Å². The number of carbonyl (C=O) groups is 1. The van der Waals surface area contributed by atoms with Crippen molar-refractivity contribution in [2.24, 2.45) is 11.7 Å². The number of carbonyl (C=O) groups excluding carboxylic acids is 1. The number of methoxy groups -OCH3 is 1. The molecule has 1 aromatic rings. The van der Waals surface area contributed by atoms with E-state index in [0.717, 1.165) is 32.0 Å². The molecule has 0 heterocycles. The van der Waals surface area contributed by atoms with Gasteiger partial charge in [-0.05, 0) is 18.8 Å². The first-order valence-electron chi connectivity index (χ1n) is 6.70. The number of benzene rings is 1. The van der Waals surface area contributed by atoms with E-state index in [1.807, 2.05) is 0 Å². The molecule has 2 atom stereocenters. The second-order valence-electron chi connectivity index (χ2n) is 5.19. The minimum Gasteiger partial charge on any atom is -0.388 e. The third kappa shape index (κ3) is 2.56. The van der Waals surface area contributed by atoms with E-state index in [1.165, 1.54) is 7.11 Å². The highest BCUT2D eigenvalue weighted by atomic mass is 16.5. The molecule has 19 heavy (non-hydrogen) atoms. The maximum Gasteiger partial charge on any atom is 0.169 e. The zero-order chi connectivity index (χ0) is 13.9. The summed E-state index contributed by atoms with van der Waals surface area (Å²) in [6, 6.07) is 6.99. The number of hydrogen-bond donors (Lipinski definition) is 2. The lowest BCUT2D eigenvalue weighted by Gasteiger charge is -2.37. The molecule has 1 aliphatic rings. The Bertz CT molecular complexity index is 443. The Morgan fingerprint density at radius 2 is 2.05 bits per heavy atom. The van der Waals surface area contributed by atoms with Crippen LogP contribution in [0.15, 0.2) is 24.3 Å². The van der Waals surface area contributed by atoms with E-state index in [0.29, 0.717) is 11.1 Å². The van der Waals surface area contributed by atoms with Crippen LogP contribution in [0.4, 0.5) is 0 Å². The lowest BCUT2D eigenvalue weighted by molar-refractivity contribution is -0.126. The van der Waals surface area contributed by atoms with Gasteiger partial charge in [-0.25, -0.2) is 0 Å². The van der Waals surface area contributed by atoms with Gasteiger partial charge in [-0.2, -0.15) is 0 Å². The van der Waals surface area contributed by atoms with Crippen LogP contribution >= 0.6 is 0 Å². The van der Waals surface area contributed by atoms with E-state index < -0.39 is 11.8 Å².